The largest absolute Gasteiger partial charge is 0.493 e. The van der Waals surface area contributed by atoms with E-state index in [2.05, 4.69) is 10.3 Å². The average molecular weight is 350 g/mol. The fourth-order valence-electron chi connectivity index (χ4n) is 2.69. The molecule has 1 heterocycles. The number of hydrogen-bond acceptors (Lipinski definition) is 5. The first-order valence-corrected chi connectivity index (χ1v) is 7.83. The highest BCUT2D eigenvalue weighted by Crippen LogP contribution is 2.41. The van der Waals surface area contributed by atoms with Gasteiger partial charge in [-0.1, -0.05) is 30.3 Å². The fourth-order valence-corrected chi connectivity index (χ4v) is 2.69. The molecule has 0 saturated carbocycles. The predicted molar refractivity (Wildman–Crippen MR) is 101 cm³/mol. The van der Waals surface area contributed by atoms with Gasteiger partial charge >= 0.3 is 0 Å². The molecule has 0 fully saturated rings. The van der Waals surface area contributed by atoms with Gasteiger partial charge < -0.3 is 15.2 Å². The van der Waals surface area contributed by atoms with E-state index in [1.165, 1.54) is 0 Å². The third kappa shape index (κ3) is 3.27. The number of pyridine rings is 1. The minimum atomic E-state index is -0.0311. The number of carbonyl (C=O) groups is 1. The van der Waals surface area contributed by atoms with E-state index in [4.69, 9.17) is 20.2 Å². The first-order chi connectivity index (χ1) is 12.7. The van der Waals surface area contributed by atoms with Gasteiger partial charge in [-0.3, -0.25) is 10.1 Å². The van der Waals surface area contributed by atoms with E-state index in [1.807, 2.05) is 36.4 Å². The quantitative estimate of drug-likeness (QED) is 0.419. The van der Waals surface area contributed by atoms with Crippen molar-refractivity contribution < 1.29 is 14.3 Å². The lowest BCUT2D eigenvalue weighted by molar-refractivity contribution is -0.108. The number of carbonyl (C=O) groups excluding carboxylic acids is 1. The molecular weight excluding hydrogens is 332 g/mol. The highest BCUT2D eigenvalue weighted by molar-refractivity contribution is 6.01. The van der Waals surface area contributed by atoms with Crippen LogP contribution in [0.4, 0.5) is 5.69 Å². The smallest absolute Gasteiger partial charge is 0.213 e. The van der Waals surface area contributed by atoms with Crippen molar-refractivity contribution >= 4 is 29.0 Å². The minimum Gasteiger partial charge on any atom is -0.493 e. The number of fused-ring (bicyclic) bond motifs is 1. The molecule has 3 aromatic rings. The topological polar surface area (TPSA) is 98.8 Å². The van der Waals surface area contributed by atoms with Crippen LogP contribution in [0.15, 0.2) is 53.5 Å². The number of nitrogens with zero attached hydrogens (tertiary/aromatic N) is 2. The van der Waals surface area contributed by atoms with Crippen molar-refractivity contribution in [2.45, 2.75) is 0 Å². The van der Waals surface area contributed by atoms with Crippen LogP contribution >= 0.6 is 0 Å². The van der Waals surface area contributed by atoms with E-state index in [0.717, 1.165) is 11.3 Å². The molecule has 7 nitrogen and oxygen atoms in total. The molecule has 0 bridgehead atoms. The van der Waals surface area contributed by atoms with E-state index in [1.54, 1.807) is 26.4 Å². The molecular formula is C19H18N4O3. The molecule has 26 heavy (non-hydrogen) atoms. The Morgan fingerprint density at radius 3 is 2.58 bits per heavy atom. The van der Waals surface area contributed by atoms with Crippen LogP contribution in [-0.2, 0) is 4.79 Å². The summed E-state index contributed by atoms with van der Waals surface area (Å²) in [5.74, 6) is 1.01. The molecule has 2 aromatic carbocycles. The lowest BCUT2D eigenvalue weighted by Gasteiger charge is -2.14. The maximum Gasteiger partial charge on any atom is 0.213 e. The van der Waals surface area contributed by atoms with Gasteiger partial charge in [0.25, 0.3) is 0 Å². The van der Waals surface area contributed by atoms with Gasteiger partial charge in [0.15, 0.2) is 17.5 Å². The summed E-state index contributed by atoms with van der Waals surface area (Å²) in [6, 6.07) is 15.1. The van der Waals surface area contributed by atoms with E-state index < -0.39 is 0 Å². The number of methoxy groups -OCH3 is 2. The van der Waals surface area contributed by atoms with E-state index in [-0.39, 0.29) is 5.96 Å². The number of ether oxygens (including phenoxy) is 2. The highest BCUT2D eigenvalue weighted by Gasteiger charge is 2.16. The Bertz CT molecular complexity index is 971. The van der Waals surface area contributed by atoms with E-state index >= 15 is 0 Å². The van der Waals surface area contributed by atoms with Crippen molar-refractivity contribution in [1.29, 1.82) is 0 Å². The number of benzene rings is 2. The van der Waals surface area contributed by atoms with Gasteiger partial charge in [0.1, 0.15) is 0 Å². The number of nitrogens with two attached hydrogens (primary N) is 1. The van der Waals surface area contributed by atoms with Gasteiger partial charge in [0.05, 0.1) is 36.5 Å². The Labute approximate surface area is 150 Å². The van der Waals surface area contributed by atoms with Crippen LogP contribution in [0.25, 0.3) is 22.2 Å². The minimum absolute atomic E-state index is 0.0311. The summed E-state index contributed by atoms with van der Waals surface area (Å²) in [6.45, 7) is 0. The Morgan fingerprint density at radius 2 is 1.92 bits per heavy atom. The van der Waals surface area contributed by atoms with Crippen molar-refractivity contribution in [2.75, 3.05) is 14.2 Å². The Hall–Kier alpha value is -3.61. The van der Waals surface area contributed by atoms with Gasteiger partial charge in [-0.15, -0.1) is 0 Å². The first kappa shape index (κ1) is 17.2. The average Bonchev–Trinajstić information content (AvgIpc) is 2.67. The molecule has 0 unspecified atom stereocenters. The highest BCUT2D eigenvalue weighted by atomic mass is 16.5. The number of nitrogens with one attached hydrogen (secondary N) is 1. The Morgan fingerprint density at radius 1 is 1.15 bits per heavy atom. The lowest BCUT2D eigenvalue weighted by atomic mass is 10.1. The molecule has 132 valence electrons. The molecule has 1 aromatic heterocycles. The third-order valence-electron chi connectivity index (χ3n) is 3.81. The standard InChI is InChI=1S/C19H18N4O3/c1-25-16-9-8-13-17(18(16)26-2)15(23-19(20)21-11-24)10-14(22-13)12-6-4-3-5-7-12/h3-11H,1-2H3,(H3,20,21,22,23,24). The maximum atomic E-state index is 10.7. The normalized spacial score (nSPS) is 11.2. The maximum absolute atomic E-state index is 10.7. The monoisotopic (exact) mass is 350 g/mol. The van der Waals surface area contributed by atoms with Crippen LogP contribution in [-0.4, -0.2) is 31.6 Å². The molecule has 0 radical (unpaired) electrons. The predicted octanol–water partition coefficient (Wildman–Crippen LogP) is 2.61. The van der Waals surface area contributed by atoms with Gasteiger partial charge in [0.2, 0.25) is 6.41 Å². The zero-order valence-electron chi connectivity index (χ0n) is 14.4. The zero-order chi connectivity index (χ0) is 18.5. The molecule has 0 saturated heterocycles. The second-order valence-corrected chi connectivity index (χ2v) is 5.35. The van der Waals surface area contributed by atoms with Crippen molar-refractivity contribution in [3.8, 4) is 22.8 Å². The summed E-state index contributed by atoms with van der Waals surface area (Å²) >= 11 is 0. The van der Waals surface area contributed by atoms with Crippen molar-refractivity contribution in [3.05, 3.63) is 48.5 Å². The summed E-state index contributed by atoms with van der Waals surface area (Å²) in [5, 5.41) is 2.98. The molecule has 1 amide bonds. The Balaban J connectivity index is 2.33. The summed E-state index contributed by atoms with van der Waals surface area (Å²) in [6.07, 6.45) is 0.470. The van der Waals surface area contributed by atoms with Crippen LogP contribution in [0.1, 0.15) is 0 Å². The number of guanidine groups is 1. The van der Waals surface area contributed by atoms with Crippen molar-refractivity contribution in [2.24, 2.45) is 10.7 Å². The van der Waals surface area contributed by atoms with Crippen molar-refractivity contribution in [3.63, 3.8) is 0 Å². The van der Waals surface area contributed by atoms with Crippen LogP contribution in [0, 0.1) is 0 Å². The van der Waals surface area contributed by atoms with Crippen LogP contribution in [0.2, 0.25) is 0 Å². The van der Waals surface area contributed by atoms with Gasteiger partial charge in [0, 0.05) is 5.56 Å². The summed E-state index contributed by atoms with van der Waals surface area (Å²) in [4.78, 5) is 19.7. The van der Waals surface area contributed by atoms with Crippen molar-refractivity contribution in [1.82, 2.24) is 10.3 Å². The Kier molecular flexibility index (Phi) is 4.98. The fraction of sp³-hybridized carbons (Fsp3) is 0.105. The molecule has 0 aliphatic carbocycles. The number of hydrogen-bond donors (Lipinski definition) is 2. The summed E-state index contributed by atoms with van der Waals surface area (Å²) in [7, 11) is 3.10. The van der Waals surface area contributed by atoms with Gasteiger partial charge in [-0.05, 0) is 18.2 Å². The van der Waals surface area contributed by atoms with Gasteiger partial charge in [-0.2, -0.15) is 0 Å². The summed E-state index contributed by atoms with van der Waals surface area (Å²) in [5.41, 5.74) is 8.61. The summed E-state index contributed by atoms with van der Waals surface area (Å²) < 4.78 is 10.9. The SMILES string of the molecule is COc1ccc2nc(-c3ccccc3)cc(N=C(N)NC=O)c2c1OC. The van der Waals surface area contributed by atoms with E-state index in [9.17, 15) is 4.79 Å². The second kappa shape index (κ2) is 7.52. The lowest BCUT2D eigenvalue weighted by Crippen LogP contribution is -2.29. The number of amides is 1. The van der Waals surface area contributed by atoms with Crippen LogP contribution in [0.5, 0.6) is 11.5 Å². The molecule has 0 spiro atoms. The molecule has 0 aliphatic rings. The van der Waals surface area contributed by atoms with Crippen LogP contribution in [0.3, 0.4) is 0 Å². The number of aliphatic imine (C=N–C) groups is 1. The third-order valence-corrected chi connectivity index (χ3v) is 3.81. The molecule has 3 N–H and O–H groups in total. The number of rotatable bonds is 5. The molecule has 3 rings (SSSR count). The second-order valence-electron chi connectivity index (χ2n) is 5.35. The van der Waals surface area contributed by atoms with E-state index in [0.29, 0.717) is 34.5 Å². The van der Waals surface area contributed by atoms with Gasteiger partial charge in [-0.25, -0.2) is 9.98 Å². The zero-order valence-corrected chi connectivity index (χ0v) is 14.4. The molecule has 7 heteroatoms. The molecule has 0 aliphatic heterocycles. The van der Waals surface area contributed by atoms with Crippen LogP contribution < -0.4 is 20.5 Å². The number of aromatic nitrogens is 1. The molecule has 0 atom stereocenters. The first-order valence-electron chi connectivity index (χ1n) is 7.83.